The summed E-state index contributed by atoms with van der Waals surface area (Å²) in [6.45, 7) is 10.2. The first-order valence-electron chi connectivity index (χ1n) is 13.8. The first kappa shape index (κ1) is 32.3. The molecule has 7 nitrogen and oxygen atoms in total. The summed E-state index contributed by atoms with van der Waals surface area (Å²) >= 11 is 7.09. The Morgan fingerprint density at radius 2 is 1.86 bits per heavy atom. The molecule has 0 aromatic heterocycles. The number of rotatable bonds is 6. The lowest BCUT2D eigenvalue weighted by Gasteiger charge is -2.40. The van der Waals surface area contributed by atoms with Crippen molar-refractivity contribution in [3.63, 3.8) is 0 Å². The van der Waals surface area contributed by atoms with E-state index in [0.717, 1.165) is 23.9 Å². The Bertz CT molecular complexity index is 1520. The van der Waals surface area contributed by atoms with Crippen LogP contribution in [0.15, 0.2) is 53.1 Å². The summed E-state index contributed by atoms with van der Waals surface area (Å²) in [5, 5.41) is -0.501. The van der Waals surface area contributed by atoms with E-state index >= 15 is 4.39 Å². The summed E-state index contributed by atoms with van der Waals surface area (Å²) in [6, 6.07) is 2.35. The topological polar surface area (TPSA) is 51.6 Å². The average molecular weight is 656 g/mol. The molecule has 1 fully saturated rings. The number of amidine groups is 1. The summed E-state index contributed by atoms with van der Waals surface area (Å²) in [6.07, 6.45) is -4.12. The summed E-state index contributed by atoms with van der Waals surface area (Å²) in [5.74, 6) is -1.67. The molecule has 3 heterocycles. The van der Waals surface area contributed by atoms with E-state index < -0.39 is 45.6 Å². The van der Waals surface area contributed by atoms with Crippen LogP contribution < -0.4 is 4.90 Å². The number of aliphatic imine (C=N–C) groups is 1. The fourth-order valence-corrected chi connectivity index (χ4v) is 6.88. The molecule has 3 aliphatic rings. The number of hydrogen-bond acceptors (Lipinski definition) is 7. The third kappa shape index (κ3) is 6.33. The van der Waals surface area contributed by atoms with Gasteiger partial charge in [0, 0.05) is 66.1 Å². The highest BCUT2D eigenvalue weighted by atomic mass is 35.5. The first-order chi connectivity index (χ1) is 20.8. The lowest BCUT2D eigenvalue weighted by molar-refractivity contribution is -0.137. The van der Waals surface area contributed by atoms with Crippen molar-refractivity contribution in [3.05, 3.63) is 71.0 Å². The SMILES string of the molecule is C=CC(=O)N1CCN(C2=NC(=C)N3CC(OCCN(C)C)CSc4c(-c5cc(Cl)c(F)cc5F)c(C(F)(F)F)cc2c43)CC1. The number of piperazine rings is 1. The zero-order chi connectivity index (χ0) is 31.9. The Morgan fingerprint density at radius 3 is 2.50 bits per heavy atom. The van der Waals surface area contributed by atoms with Crippen molar-refractivity contribution >= 4 is 40.8 Å². The van der Waals surface area contributed by atoms with Crippen molar-refractivity contribution in [1.82, 2.24) is 14.7 Å². The number of nitrogens with zero attached hydrogens (tertiary/aromatic N) is 5. The van der Waals surface area contributed by atoms with E-state index in [0.29, 0.717) is 51.1 Å². The normalized spacial score (nSPS) is 18.8. The van der Waals surface area contributed by atoms with Gasteiger partial charge in [0.15, 0.2) is 0 Å². The number of thioether (sulfide) groups is 1. The Balaban J connectivity index is 1.69. The number of carbonyl (C=O) groups is 1. The maximum atomic E-state index is 15.3. The highest BCUT2D eigenvalue weighted by Crippen LogP contribution is 2.52. The molecule has 14 heteroatoms. The molecular formula is C30H31ClF5N5O2S. The Kier molecular flexibility index (Phi) is 9.31. The third-order valence-electron chi connectivity index (χ3n) is 7.65. The first-order valence-corrected chi connectivity index (χ1v) is 15.2. The molecule has 2 aromatic carbocycles. The largest absolute Gasteiger partial charge is 0.417 e. The Hall–Kier alpha value is -3.13. The molecular weight excluding hydrogens is 625 g/mol. The number of carbonyl (C=O) groups excluding carboxylic acids is 1. The van der Waals surface area contributed by atoms with Gasteiger partial charge in [-0.1, -0.05) is 24.8 Å². The zero-order valence-electron chi connectivity index (χ0n) is 24.2. The summed E-state index contributed by atoms with van der Waals surface area (Å²) in [5.41, 5.74) is -1.42. The Morgan fingerprint density at radius 1 is 1.16 bits per heavy atom. The monoisotopic (exact) mass is 655 g/mol. The molecule has 44 heavy (non-hydrogen) atoms. The van der Waals surface area contributed by atoms with E-state index in [1.807, 2.05) is 23.9 Å². The van der Waals surface area contributed by atoms with Crippen molar-refractivity contribution in [2.45, 2.75) is 17.2 Å². The molecule has 0 aliphatic carbocycles. The fraction of sp³-hybridized carbons (Fsp3) is 0.400. The number of anilines is 1. The molecule has 0 bridgehead atoms. The quantitative estimate of drug-likeness (QED) is 0.225. The third-order valence-corrected chi connectivity index (χ3v) is 9.17. The molecule has 0 N–H and O–H groups in total. The van der Waals surface area contributed by atoms with E-state index in [1.54, 1.807) is 9.80 Å². The van der Waals surface area contributed by atoms with Crippen molar-refractivity contribution in [1.29, 1.82) is 0 Å². The van der Waals surface area contributed by atoms with Crippen LogP contribution in [-0.4, -0.2) is 98.3 Å². The van der Waals surface area contributed by atoms with Crippen LogP contribution in [0.4, 0.5) is 27.6 Å². The van der Waals surface area contributed by atoms with E-state index in [9.17, 15) is 22.4 Å². The van der Waals surface area contributed by atoms with E-state index in [2.05, 4.69) is 18.2 Å². The number of likely N-dealkylation sites (N-methyl/N-ethyl adjacent to an activating group) is 1. The van der Waals surface area contributed by atoms with Gasteiger partial charge in [-0.05, 0) is 32.3 Å². The van der Waals surface area contributed by atoms with Crippen LogP contribution in [0.3, 0.4) is 0 Å². The molecule has 1 amide bonds. The van der Waals surface area contributed by atoms with Gasteiger partial charge in [0.05, 0.1) is 35.5 Å². The molecule has 5 rings (SSSR count). The van der Waals surface area contributed by atoms with Crippen molar-refractivity contribution in [2.75, 3.05) is 70.6 Å². The second kappa shape index (κ2) is 12.7. The number of benzene rings is 2. The molecule has 2 aromatic rings. The maximum absolute atomic E-state index is 15.3. The number of alkyl halides is 3. The van der Waals surface area contributed by atoms with Crippen molar-refractivity contribution < 1.29 is 31.5 Å². The number of amides is 1. The number of halogens is 6. The number of hydrogen-bond donors (Lipinski definition) is 0. The van der Waals surface area contributed by atoms with E-state index in [-0.39, 0.29) is 40.3 Å². The molecule has 1 atom stereocenters. The molecule has 236 valence electrons. The minimum atomic E-state index is -4.91. The molecule has 1 unspecified atom stereocenters. The average Bonchev–Trinajstić information content (AvgIpc) is 3.16. The Labute approximate surface area is 261 Å². The van der Waals surface area contributed by atoms with Crippen LogP contribution in [0.25, 0.3) is 11.1 Å². The van der Waals surface area contributed by atoms with Gasteiger partial charge < -0.3 is 24.3 Å². The van der Waals surface area contributed by atoms with Crippen LogP contribution in [-0.2, 0) is 15.7 Å². The zero-order valence-corrected chi connectivity index (χ0v) is 25.8. The van der Waals surface area contributed by atoms with E-state index in [4.69, 9.17) is 16.3 Å². The molecule has 1 saturated heterocycles. The summed E-state index contributed by atoms with van der Waals surface area (Å²) in [4.78, 5) is 24.1. The van der Waals surface area contributed by atoms with Gasteiger partial charge in [-0.25, -0.2) is 13.8 Å². The molecule has 3 aliphatic heterocycles. The van der Waals surface area contributed by atoms with Crippen LogP contribution in [0.1, 0.15) is 11.1 Å². The molecule has 0 radical (unpaired) electrons. The second-order valence-electron chi connectivity index (χ2n) is 10.9. The van der Waals surface area contributed by atoms with Gasteiger partial charge in [0.25, 0.3) is 0 Å². The van der Waals surface area contributed by atoms with Crippen molar-refractivity contribution in [2.24, 2.45) is 4.99 Å². The van der Waals surface area contributed by atoms with Gasteiger partial charge in [0.2, 0.25) is 5.91 Å². The van der Waals surface area contributed by atoms with Crippen LogP contribution >= 0.6 is 23.4 Å². The van der Waals surface area contributed by atoms with Crippen LogP contribution in [0, 0.1) is 11.6 Å². The smallest absolute Gasteiger partial charge is 0.374 e. The standard InChI is InChI=1S/C30H31ClF5N5O2S/c1-5-25(42)39-6-8-40(9-7-39)29-20-12-21(30(34,35)36)26(19-13-22(31)24(33)14-23(19)32)28-27(20)41(17(2)37-29)15-18(16-44-28)43-11-10-38(3)4/h5,12-14,18H,1-2,6-11,15-16H2,3-4H3. The van der Waals surface area contributed by atoms with Crippen LogP contribution in [0.2, 0.25) is 5.02 Å². The summed E-state index contributed by atoms with van der Waals surface area (Å²) < 4.78 is 80.3. The highest BCUT2D eigenvalue weighted by Gasteiger charge is 2.43. The lowest BCUT2D eigenvalue weighted by atomic mass is 9.92. The van der Waals surface area contributed by atoms with Crippen LogP contribution in [0.5, 0.6) is 0 Å². The fourth-order valence-electron chi connectivity index (χ4n) is 5.44. The van der Waals surface area contributed by atoms with Gasteiger partial charge >= 0.3 is 6.18 Å². The molecule has 0 spiro atoms. The minimum Gasteiger partial charge on any atom is -0.374 e. The minimum absolute atomic E-state index is 0.143. The second-order valence-corrected chi connectivity index (χ2v) is 12.3. The van der Waals surface area contributed by atoms with Gasteiger partial charge in [-0.15, -0.1) is 11.8 Å². The number of ether oxygens (including phenoxy) is 1. The van der Waals surface area contributed by atoms with E-state index in [1.165, 1.54) is 6.08 Å². The van der Waals surface area contributed by atoms with Crippen molar-refractivity contribution in [3.8, 4) is 11.1 Å². The van der Waals surface area contributed by atoms with Gasteiger partial charge in [-0.3, -0.25) is 4.79 Å². The lowest BCUT2D eigenvalue weighted by Crippen LogP contribution is -2.51. The molecule has 0 saturated carbocycles. The predicted octanol–water partition coefficient (Wildman–Crippen LogP) is 5.72. The van der Waals surface area contributed by atoms with Gasteiger partial charge in [-0.2, -0.15) is 13.2 Å². The summed E-state index contributed by atoms with van der Waals surface area (Å²) in [7, 11) is 3.80. The maximum Gasteiger partial charge on any atom is 0.417 e. The predicted molar refractivity (Wildman–Crippen MR) is 162 cm³/mol. The highest BCUT2D eigenvalue weighted by molar-refractivity contribution is 7.99. The van der Waals surface area contributed by atoms with Gasteiger partial charge in [0.1, 0.15) is 23.3 Å².